The highest BCUT2D eigenvalue weighted by Crippen LogP contribution is 2.54. The van der Waals surface area contributed by atoms with E-state index in [0.29, 0.717) is 17.2 Å². The Labute approximate surface area is 203 Å². The van der Waals surface area contributed by atoms with E-state index in [2.05, 4.69) is 31.8 Å². The van der Waals surface area contributed by atoms with E-state index < -0.39 is 0 Å². The van der Waals surface area contributed by atoms with Crippen LogP contribution in [0.4, 0.5) is 10.2 Å². The second kappa shape index (κ2) is 8.60. The van der Waals surface area contributed by atoms with Gasteiger partial charge in [-0.3, -0.25) is 9.78 Å². The maximum atomic E-state index is 13.3. The fourth-order valence-corrected chi connectivity index (χ4v) is 6.52. The summed E-state index contributed by atoms with van der Waals surface area (Å²) in [7, 11) is 0. The van der Waals surface area contributed by atoms with Crippen molar-refractivity contribution in [2.75, 3.05) is 5.32 Å². The SMILES string of the molecule is CCCn1c(C23CCC(Nc4ccc(F)cn4)(CC2)CC3)nc2nc(OC3CCCC3)[nH]c(=O)c21. The summed E-state index contributed by atoms with van der Waals surface area (Å²) in [5.74, 6) is 1.40. The van der Waals surface area contributed by atoms with Crippen LogP contribution < -0.4 is 15.6 Å². The van der Waals surface area contributed by atoms with Crippen molar-refractivity contribution in [2.24, 2.45) is 0 Å². The maximum absolute atomic E-state index is 13.3. The van der Waals surface area contributed by atoms with E-state index in [0.717, 1.165) is 88.8 Å². The van der Waals surface area contributed by atoms with Crippen LogP contribution in [0.15, 0.2) is 23.1 Å². The van der Waals surface area contributed by atoms with Crippen molar-refractivity contribution < 1.29 is 9.13 Å². The van der Waals surface area contributed by atoms with Gasteiger partial charge >= 0.3 is 0 Å². The number of hydrogen-bond acceptors (Lipinski definition) is 6. The van der Waals surface area contributed by atoms with Crippen LogP contribution >= 0.6 is 0 Å². The summed E-state index contributed by atoms with van der Waals surface area (Å²) >= 11 is 0. The summed E-state index contributed by atoms with van der Waals surface area (Å²) in [6.07, 6.45) is 12.5. The molecule has 0 unspecified atom stereocenters. The first kappa shape index (κ1) is 22.5. The molecule has 3 aromatic heterocycles. The van der Waals surface area contributed by atoms with Gasteiger partial charge in [0.15, 0.2) is 11.2 Å². The third kappa shape index (κ3) is 3.98. The molecule has 4 aliphatic carbocycles. The standard InChI is InChI=1S/C26H33FN6O2/c1-2-15-33-20-21(30-24(31-22(20)34)35-18-5-3-4-6-18)29-23(33)25-9-12-26(13-10-25,14-11-25)32-19-8-7-17(27)16-28-19/h7-8,16,18H,2-6,9-15H2,1H3,(H,28,32)(H,30,31,34). The van der Waals surface area contributed by atoms with Gasteiger partial charge < -0.3 is 14.6 Å². The molecule has 8 nitrogen and oxygen atoms in total. The van der Waals surface area contributed by atoms with Crippen molar-refractivity contribution in [3.8, 4) is 6.01 Å². The van der Waals surface area contributed by atoms with E-state index >= 15 is 0 Å². The summed E-state index contributed by atoms with van der Waals surface area (Å²) in [5.41, 5.74) is 0.805. The number of nitrogens with zero attached hydrogens (tertiary/aromatic N) is 4. The molecular formula is C26H33FN6O2. The Morgan fingerprint density at radius 2 is 1.89 bits per heavy atom. The second-order valence-corrected chi connectivity index (χ2v) is 10.7. The quantitative estimate of drug-likeness (QED) is 0.502. The number of pyridine rings is 1. The Bertz CT molecular complexity index is 1250. The van der Waals surface area contributed by atoms with Gasteiger partial charge in [0.1, 0.15) is 23.6 Å². The van der Waals surface area contributed by atoms with Crippen LogP contribution in [0.5, 0.6) is 6.01 Å². The largest absolute Gasteiger partial charge is 0.461 e. The molecule has 4 fully saturated rings. The number of halogens is 1. The van der Waals surface area contributed by atoms with Gasteiger partial charge in [0.05, 0.1) is 6.20 Å². The van der Waals surface area contributed by atoms with Gasteiger partial charge in [0, 0.05) is 17.5 Å². The minimum Gasteiger partial charge on any atom is -0.461 e. The molecule has 0 radical (unpaired) electrons. The van der Waals surface area contributed by atoms with Crippen LogP contribution in [-0.4, -0.2) is 36.1 Å². The number of rotatable bonds is 7. The van der Waals surface area contributed by atoms with Gasteiger partial charge in [-0.05, 0) is 82.8 Å². The topological polar surface area (TPSA) is 97.7 Å². The summed E-state index contributed by atoms with van der Waals surface area (Å²) in [6, 6.07) is 3.45. The lowest BCUT2D eigenvalue weighted by Gasteiger charge is -2.53. The number of aromatic amines is 1. The highest BCUT2D eigenvalue weighted by atomic mass is 19.1. The molecule has 7 rings (SSSR count). The lowest BCUT2D eigenvalue weighted by atomic mass is 9.57. The minimum atomic E-state index is -0.324. The maximum Gasteiger partial charge on any atom is 0.298 e. The molecule has 4 saturated carbocycles. The molecule has 0 aromatic carbocycles. The van der Waals surface area contributed by atoms with Crippen molar-refractivity contribution in [3.05, 3.63) is 40.3 Å². The van der Waals surface area contributed by atoms with Crippen LogP contribution in [0.3, 0.4) is 0 Å². The van der Waals surface area contributed by atoms with Gasteiger partial charge in [0.25, 0.3) is 11.6 Å². The predicted molar refractivity (Wildman–Crippen MR) is 131 cm³/mol. The Balaban J connectivity index is 1.30. The zero-order valence-corrected chi connectivity index (χ0v) is 20.3. The molecule has 35 heavy (non-hydrogen) atoms. The third-order valence-corrected chi connectivity index (χ3v) is 8.46. The van der Waals surface area contributed by atoms with E-state index in [1.54, 1.807) is 6.07 Å². The first-order valence-electron chi connectivity index (χ1n) is 13.1. The summed E-state index contributed by atoms with van der Waals surface area (Å²) in [5, 5.41) is 3.61. The highest BCUT2D eigenvalue weighted by molar-refractivity contribution is 5.71. The fourth-order valence-electron chi connectivity index (χ4n) is 6.52. The molecule has 0 amide bonds. The van der Waals surface area contributed by atoms with Crippen LogP contribution in [0.25, 0.3) is 11.2 Å². The molecule has 4 aliphatic rings. The number of imidazole rings is 1. The molecular weight excluding hydrogens is 447 g/mol. The van der Waals surface area contributed by atoms with Crippen LogP contribution in [0.2, 0.25) is 0 Å². The van der Waals surface area contributed by atoms with E-state index in [4.69, 9.17) is 9.72 Å². The summed E-state index contributed by atoms with van der Waals surface area (Å²) in [6.45, 7) is 2.86. The van der Waals surface area contributed by atoms with Gasteiger partial charge in [-0.1, -0.05) is 6.92 Å². The Kier molecular flexibility index (Phi) is 5.53. The normalized spacial score (nSPS) is 26.5. The number of H-pyrrole nitrogens is 1. The molecule has 0 atom stereocenters. The van der Waals surface area contributed by atoms with Gasteiger partial charge in [-0.15, -0.1) is 0 Å². The van der Waals surface area contributed by atoms with Gasteiger partial charge in [-0.25, -0.2) is 14.4 Å². The van der Waals surface area contributed by atoms with E-state index in [-0.39, 0.29) is 28.4 Å². The van der Waals surface area contributed by atoms with E-state index in [1.807, 2.05) is 0 Å². The van der Waals surface area contributed by atoms with Crippen LogP contribution in [-0.2, 0) is 12.0 Å². The average Bonchev–Trinajstić information content (AvgIpc) is 3.51. The number of hydrogen-bond donors (Lipinski definition) is 2. The third-order valence-electron chi connectivity index (χ3n) is 8.46. The highest BCUT2D eigenvalue weighted by Gasteiger charge is 2.51. The molecule has 2 N–H and O–H groups in total. The van der Waals surface area contributed by atoms with Crippen molar-refractivity contribution in [1.29, 1.82) is 0 Å². The predicted octanol–water partition coefficient (Wildman–Crippen LogP) is 4.84. The number of ether oxygens (including phenoxy) is 1. The summed E-state index contributed by atoms with van der Waals surface area (Å²) < 4.78 is 21.4. The first-order valence-corrected chi connectivity index (χ1v) is 13.1. The Hall–Kier alpha value is -2.97. The van der Waals surface area contributed by atoms with Crippen molar-refractivity contribution in [1.82, 2.24) is 24.5 Å². The van der Waals surface area contributed by atoms with E-state index in [9.17, 15) is 9.18 Å². The molecule has 3 aromatic rings. The van der Waals surface area contributed by atoms with Crippen molar-refractivity contribution >= 4 is 17.0 Å². The molecule has 186 valence electrons. The van der Waals surface area contributed by atoms with Gasteiger partial charge in [0.2, 0.25) is 0 Å². The average molecular weight is 481 g/mol. The fraction of sp³-hybridized carbons (Fsp3) is 0.615. The van der Waals surface area contributed by atoms with Gasteiger partial charge in [-0.2, -0.15) is 4.98 Å². The van der Waals surface area contributed by atoms with Crippen molar-refractivity contribution in [2.45, 2.75) is 101 Å². The van der Waals surface area contributed by atoms with Crippen LogP contribution in [0, 0.1) is 5.82 Å². The molecule has 3 heterocycles. The minimum absolute atomic E-state index is 0.0216. The zero-order chi connectivity index (χ0) is 24.0. The lowest BCUT2D eigenvalue weighted by molar-refractivity contribution is 0.111. The molecule has 9 heteroatoms. The zero-order valence-electron chi connectivity index (χ0n) is 20.3. The number of anilines is 1. The Morgan fingerprint density at radius 1 is 1.14 bits per heavy atom. The number of aryl methyl sites for hydroxylation is 1. The molecule has 0 aliphatic heterocycles. The number of fused-ring (bicyclic) bond motifs is 4. The number of aromatic nitrogens is 5. The second-order valence-electron chi connectivity index (χ2n) is 10.7. The Morgan fingerprint density at radius 3 is 2.54 bits per heavy atom. The van der Waals surface area contributed by atoms with Crippen molar-refractivity contribution in [3.63, 3.8) is 0 Å². The first-order chi connectivity index (χ1) is 17.0. The molecule has 0 saturated heterocycles. The van der Waals surface area contributed by atoms with Crippen LogP contribution in [0.1, 0.15) is 83.4 Å². The summed E-state index contributed by atoms with van der Waals surface area (Å²) in [4.78, 5) is 29.9. The monoisotopic (exact) mass is 480 g/mol. The smallest absolute Gasteiger partial charge is 0.298 e. The lowest BCUT2D eigenvalue weighted by Crippen LogP contribution is -2.53. The van der Waals surface area contributed by atoms with E-state index in [1.165, 1.54) is 12.3 Å². The molecule has 0 spiro atoms. The number of nitrogens with one attached hydrogen (secondary N) is 2. The molecule has 2 bridgehead atoms.